The Kier molecular flexibility index (Phi) is 8.36. The number of carbonyl (C=O) groups is 2. The summed E-state index contributed by atoms with van der Waals surface area (Å²) in [7, 11) is 0. The van der Waals surface area contributed by atoms with E-state index in [9.17, 15) is 9.59 Å². The maximum atomic E-state index is 12.0. The summed E-state index contributed by atoms with van der Waals surface area (Å²) in [5.74, 6) is -1.28. The number of hydrogen-bond donors (Lipinski definition) is 2. The second kappa shape index (κ2) is 11.2. The number of ether oxygens (including phenoxy) is 1. The minimum absolute atomic E-state index is 0.221. The summed E-state index contributed by atoms with van der Waals surface area (Å²) in [5.41, 5.74) is 3.85. The number of anilines is 1. The standard InChI is InChI=1S/C22H15Cl4N3O3/c23-15-4-3-14(19(26)9-15)12-32-17-6-1-13(2-7-17)11-27-29-22(31)21(30)28-20-10-16(24)5-8-18(20)25/h1-11H,12H2,(H,28,30)(H,29,31)/b27-11+. The summed E-state index contributed by atoms with van der Waals surface area (Å²) in [6.07, 6.45) is 1.39. The smallest absolute Gasteiger partial charge is 0.329 e. The molecule has 2 N–H and O–H groups in total. The lowest BCUT2D eigenvalue weighted by Gasteiger charge is -2.08. The molecule has 0 radical (unpaired) electrons. The van der Waals surface area contributed by atoms with Gasteiger partial charge in [0.1, 0.15) is 12.4 Å². The predicted molar refractivity (Wildman–Crippen MR) is 128 cm³/mol. The monoisotopic (exact) mass is 509 g/mol. The van der Waals surface area contributed by atoms with Gasteiger partial charge in [0.25, 0.3) is 0 Å². The molecule has 0 aliphatic heterocycles. The predicted octanol–water partition coefficient (Wildman–Crippen LogP) is 5.97. The van der Waals surface area contributed by atoms with E-state index in [1.54, 1.807) is 48.5 Å². The van der Waals surface area contributed by atoms with Crippen molar-refractivity contribution in [3.8, 4) is 5.75 Å². The van der Waals surface area contributed by atoms with Crippen molar-refractivity contribution in [1.29, 1.82) is 0 Å². The van der Waals surface area contributed by atoms with Crippen molar-refractivity contribution in [3.05, 3.63) is 91.9 Å². The van der Waals surface area contributed by atoms with Crippen LogP contribution in [0.3, 0.4) is 0 Å². The van der Waals surface area contributed by atoms with Gasteiger partial charge in [0.05, 0.1) is 16.9 Å². The Morgan fingerprint density at radius 3 is 2.25 bits per heavy atom. The van der Waals surface area contributed by atoms with E-state index in [2.05, 4.69) is 15.8 Å². The number of rotatable bonds is 6. The van der Waals surface area contributed by atoms with E-state index >= 15 is 0 Å². The lowest BCUT2D eigenvalue weighted by Crippen LogP contribution is -2.32. The molecule has 2 amide bonds. The molecule has 0 aromatic heterocycles. The van der Waals surface area contributed by atoms with Crippen LogP contribution in [0.15, 0.2) is 65.8 Å². The van der Waals surface area contributed by atoms with Gasteiger partial charge in [-0.15, -0.1) is 0 Å². The number of nitrogens with zero attached hydrogens (tertiary/aromatic N) is 1. The van der Waals surface area contributed by atoms with E-state index in [0.717, 1.165) is 5.56 Å². The second-order valence-electron chi connectivity index (χ2n) is 6.37. The Morgan fingerprint density at radius 1 is 0.844 bits per heavy atom. The molecule has 3 aromatic carbocycles. The molecule has 164 valence electrons. The van der Waals surface area contributed by atoms with Crippen LogP contribution < -0.4 is 15.5 Å². The number of nitrogens with one attached hydrogen (secondary N) is 2. The van der Waals surface area contributed by atoms with E-state index < -0.39 is 11.8 Å². The Bertz CT molecular complexity index is 1170. The Morgan fingerprint density at radius 2 is 1.53 bits per heavy atom. The summed E-state index contributed by atoms with van der Waals surface area (Å²) >= 11 is 23.8. The van der Waals surface area contributed by atoms with Crippen molar-refractivity contribution in [1.82, 2.24) is 5.43 Å². The lowest BCUT2D eigenvalue weighted by molar-refractivity contribution is -0.136. The minimum Gasteiger partial charge on any atom is -0.489 e. The number of halogens is 4. The molecule has 10 heteroatoms. The normalized spacial score (nSPS) is 10.8. The van der Waals surface area contributed by atoms with Crippen LogP contribution in [-0.2, 0) is 16.2 Å². The lowest BCUT2D eigenvalue weighted by atomic mass is 10.2. The van der Waals surface area contributed by atoms with Gasteiger partial charge in [-0.25, -0.2) is 5.43 Å². The maximum absolute atomic E-state index is 12.0. The summed E-state index contributed by atoms with van der Waals surface area (Å²) < 4.78 is 5.70. The molecule has 0 saturated carbocycles. The average molecular weight is 511 g/mol. The van der Waals surface area contributed by atoms with Crippen molar-refractivity contribution >= 4 is 70.1 Å². The number of carbonyl (C=O) groups excluding carboxylic acids is 2. The summed E-state index contributed by atoms with van der Waals surface area (Å²) in [6.45, 7) is 0.283. The molecule has 0 unspecified atom stereocenters. The van der Waals surface area contributed by atoms with Gasteiger partial charge in [-0.05, 0) is 60.2 Å². The quantitative estimate of drug-likeness (QED) is 0.243. The molecule has 32 heavy (non-hydrogen) atoms. The van der Waals surface area contributed by atoms with Crippen LogP contribution >= 0.6 is 46.4 Å². The van der Waals surface area contributed by atoms with Gasteiger partial charge in [-0.2, -0.15) is 5.10 Å². The van der Waals surface area contributed by atoms with Crippen LogP contribution in [0.1, 0.15) is 11.1 Å². The highest BCUT2D eigenvalue weighted by Crippen LogP contribution is 2.25. The van der Waals surface area contributed by atoms with Crippen molar-refractivity contribution < 1.29 is 14.3 Å². The van der Waals surface area contributed by atoms with Crippen molar-refractivity contribution in [3.63, 3.8) is 0 Å². The molecule has 0 aliphatic rings. The molecule has 0 spiro atoms. The topological polar surface area (TPSA) is 79.8 Å². The third kappa shape index (κ3) is 6.87. The molecular weight excluding hydrogens is 496 g/mol. The van der Waals surface area contributed by atoms with E-state index in [1.165, 1.54) is 18.3 Å². The van der Waals surface area contributed by atoms with Crippen LogP contribution in [0, 0.1) is 0 Å². The number of benzene rings is 3. The average Bonchev–Trinajstić information content (AvgIpc) is 2.76. The zero-order valence-electron chi connectivity index (χ0n) is 16.2. The van der Waals surface area contributed by atoms with Crippen molar-refractivity contribution in [2.75, 3.05) is 5.32 Å². The fourth-order valence-electron chi connectivity index (χ4n) is 2.44. The van der Waals surface area contributed by atoms with Gasteiger partial charge in [-0.3, -0.25) is 9.59 Å². The zero-order valence-corrected chi connectivity index (χ0v) is 19.3. The molecule has 0 aliphatic carbocycles. The summed E-state index contributed by atoms with van der Waals surface area (Å²) in [5, 5.41) is 7.84. The summed E-state index contributed by atoms with van der Waals surface area (Å²) in [4.78, 5) is 23.9. The number of hydrogen-bond acceptors (Lipinski definition) is 4. The highest BCUT2D eigenvalue weighted by molar-refractivity contribution is 6.42. The largest absolute Gasteiger partial charge is 0.489 e. The third-order valence-electron chi connectivity index (χ3n) is 4.05. The first-order valence-corrected chi connectivity index (χ1v) is 10.6. The van der Waals surface area contributed by atoms with E-state index in [-0.39, 0.29) is 17.3 Å². The highest BCUT2D eigenvalue weighted by Gasteiger charge is 2.14. The second-order valence-corrected chi connectivity index (χ2v) is 8.06. The number of amides is 2. The van der Waals surface area contributed by atoms with Crippen LogP contribution in [0.2, 0.25) is 20.1 Å². The molecule has 0 bridgehead atoms. The van der Waals surface area contributed by atoms with Gasteiger partial charge in [-0.1, -0.05) is 52.5 Å². The van der Waals surface area contributed by atoms with Gasteiger partial charge in [0, 0.05) is 20.6 Å². The molecule has 0 saturated heterocycles. The first kappa shape index (κ1) is 23.9. The third-order valence-corrected chi connectivity index (χ3v) is 5.20. The fraction of sp³-hybridized carbons (Fsp3) is 0.0455. The van der Waals surface area contributed by atoms with Gasteiger partial charge < -0.3 is 10.1 Å². The van der Waals surface area contributed by atoms with Crippen LogP contribution in [0.5, 0.6) is 5.75 Å². The van der Waals surface area contributed by atoms with Crippen LogP contribution in [0.4, 0.5) is 5.69 Å². The van der Waals surface area contributed by atoms with E-state index in [1.807, 2.05) is 0 Å². The Balaban J connectivity index is 1.50. The van der Waals surface area contributed by atoms with Crippen LogP contribution in [-0.4, -0.2) is 18.0 Å². The molecular formula is C22H15Cl4N3O3. The maximum Gasteiger partial charge on any atom is 0.329 e. The highest BCUT2D eigenvalue weighted by atomic mass is 35.5. The molecule has 0 fully saturated rings. The SMILES string of the molecule is O=C(N/N=C/c1ccc(OCc2ccc(Cl)cc2Cl)cc1)C(=O)Nc1cc(Cl)ccc1Cl. The number of hydrazone groups is 1. The van der Waals surface area contributed by atoms with E-state index in [0.29, 0.717) is 26.4 Å². The first-order valence-electron chi connectivity index (χ1n) is 9.08. The Hall–Kier alpha value is -2.77. The van der Waals surface area contributed by atoms with Gasteiger partial charge in [0.2, 0.25) is 0 Å². The molecule has 6 nitrogen and oxygen atoms in total. The molecule has 0 atom stereocenters. The molecule has 0 heterocycles. The summed E-state index contributed by atoms with van der Waals surface area (Å²) in [6, 6.07) is 16.6. The first-order chi connectivity index (χ1) is 15.3. The van der Waals surface area contributed by atoms with Crippen molar-refractivity contribution in [2.45, 2.75) is 6.61 Å². The fourth-order valence-corrected chi connectivity index (χ4v) is 3.24. The van der Waals surface area contributed by atoms with Gasteiger partial charge in [0.15, 0.2) is 0 Å². The zero-order chi connectivity index (χ0) is 23.1. The molecule has 3 aromatic rings. The van der Waals surface area contributed by atoms with Crippen LogP contribution in [0.25, 0.3) is 0 Å². The van der Waals surface area contributed by atoms with Gasteiger partial charge >= 0.3 is 11.8 Å². The van der Waals surface area contributed by atoms with E-state index in [4.69, 9.17) is 51.1 Å². The molecule has 3 rings (SSSR count). The van der Waals surface area contributed by atoms with Crippen molar-refractivity contribution in [2.24, 2.45) is 5.10 Å². The Labute approximate surface area is 204 Å². The minimum atomic E-state index is -0.961.